The van der Waals surface area contributed by atoms with Crippen molar-refractivity contribution in [2.24, 2.45) is 0 Å². The third-order valence-corrected chi connectivity index (χ3v) is 6.63. The van der Waals surface area contributed by atoms with Crippen LogP contribution in [-0.4, -0.2) is 33.6 Å². The van der Waals surface area contributed by atoms with E-state index in [9.17, 15) is 14.4 Å². The molecule has 0 unspecified atom stereocenters. The quantitative estimate of drug-likeness (QED) is 0.549. The number of hydrogen-bond acceptors (Lipinski definition) is 5. The molecule has 0 bridgehead atoms. The number of amides is 3. The molecular formula is C23H21N3O3S2. The van der Waals surface area contributed by atoms with Gasteiger partial charge in [0.2, 0.25) is 0 Å². The maximum Gasteiger partial charge on any atom is 0.286 e. The molecule has 0 radical (unpaired) electrons. The Bertz CT molecular complexity index is 1140. The van der Waals surface area contributed by atoms with Crippen molar-refractivity contribution in [2.45, 2.75) is 26.7 Å². The minimum Gasteiger partial charge on any atom is -0.308 e. The van der Waals surface area contributed by atoms with Crippen molar-refractivity contribution in [3.05, 3.63) is 70.1 Å². The number of hydrogen-bond donors (Lipinski definition) is 1. The summed E-state index contributed by atoms with van der Waals surface area (Å²) >= 11 is 6.40. The molecule has 3 amide bonds. The number of thiocarbonyl (C=S) groups is 1. The molecule has 2 aliphatic heterocycles. The molecule has 0 saturated carbocycles. The lowest BCUT2D eigenvalue weighted by molar-refractivity contribution is -0.124. The molecular weight excluding hydrogens is 430 g/mol. The Morgan fingerprint density at radius 1 is 1.06 bits per heavy atom. The molecule has 158 valence electrons. The molecule has 1 fully saturated rings. The maximum absolute atomic E-state index is 13.3. The van der Waals surface area contributed by atoms with Crippen LogP contribution in [0.3, 0.4) is 0 Å². The van der Waals surface area contributed by atoms with Gasteiger partial charge in [-0.05, 0) is 43.3 Å². The summed E-state index contributed by atoms with van der Waals surface area (Å²) in [6, 6.07) is 14.5. The van der Waals surface area contributed by atoms with Gasteiger partial charge in [0.25, 0.3) is 17.7 Å². The number of carbonyl (C=O) groups is 3. The van der Waals surface area contributed by atoms with Crippen molar-refractivity contribution < 1.29 is 14.4 Å². The van der Waals surface area contributed by atoms with Crippen LogP contribution in [0.2, 0.25) is 0 Å². The van der Waals surface area contributed by atoms with E-state index >= 15 is 0 Å². The summed E-state index contributed by atoms with van der Waals surface area (Å²) in [6.07, 6.45) is 1.81. The van der Waals surface area contributed by atoms with Crippen molar-refractivity contribution in [3.8, 4) is 0 Å². The molecule has 8 heteroatoms. The normalized spacial score (nSPS) is 18.1. The minimum atomic E-state index is -0.493. The highest BCUT2D eigenvalue weighted by atomic mass is 32.2. The third kappa shape index (κ3) is 3.77. The van der Waals surface area contributed by atoms with Crippen molar-refractivity contribution in [3.63, 3.8) is 0 Å². The van der Waals surface area contributed by atoms with Gasteiger partial charge in [-0.25, -0.2) is 0 Å². The van der Waals surface area contributed by atoms with Crippen LogP contribution in [-0.2, 0) is 9.59 Å². The van der Waals surface area contributed by atoms with Crippen LogP contribution < -0.4 is 10.3 Å². The number of thioether (sulfide) groups is 1. The number of nitrogens with zero attached hydrogens (tertiary/aromatic N) is 2. The van der Waals surface area contributed by atoms with Crippen molar-refractivity contribution in [2.75, 3.05) is 11.4 Å². The van der Waals surface area contributed by atoms with Crippen molar-refractivity contribution in [1.82, 2.24) is 10.4 Å². The number of unbranched alkanes of at least 4 members (excludes halogenated alkanes) is 1. The van der Waals surface area contributed by atoms with Gasteiger partial charge in [-0.1, -0.05) is 61.5 Å². The molecule has 2 aliphatic rings. The third-order valence-electron chi connectivity index (χ3n) is 5.26. The van der Waals surface area contributed by atoms with Gasteiger partial charge >= 0.3 is 0 Å². The van der Waals surface area contributed by atoms with E-state index in [-0.39, 0.29) is 15.1 Å². The fourth-order valence-corrected chi connectivity index (χ4v) is 4.89. The number of rotatable bonds is 5. The maximum atomic E-state index is 13.3. The van der Waals surface area contributed by atoms with Gasteiger partial charge in [0.15, 0.2) is 4.32 Å². The lowest BCUT2D eigenvalue weighted by Gasteiger charge is -2.17. The van der Waals surface area contributed by atoms with Gasteiger partial charge in [0, 0.05) is 17.7 Å². The highest BCUT2D eigenvalue weighted by Gasteiger charge is 2.42. The molecule has 1 N–H and O–H groups in total. The Kier molecular flexibility index (Phi) is 5.93. The average Bonchev–Trinajstić information content (AvgIpc) is 3.19. The molecule has 31 heavy (non-hydrogen) atoms. The van der Waals surface area contributed by atoms with Crippen molar-refractivity contribution >= 4 is 57.3 Å². The first-order valence-electron chi connectivity index (χ1n) is 10.0. The molecule has 0 spiro atoms. The summed E-state index contributed by atoms with van der Waals surface area (Å²) in [5.74, 6) is -1.13. The first-order chi connectivity index (χ1) is 14.9. The monoisotopic (exact) mass is 451 g/mol. The number of benzene rings is 2. The second kappa shape index (κ2) is 8.64. The first-order valence-corrected chi connectivity index (χ1v) is 11.2. The Labute approximate surface area is 190 Å². The second-order valence-corrected chi connectivity index (χ2v) is 8.94. The SMILES string of the molecule is CCCCN1C(=O)C(=C2SC(=S)N(NC(=O)c3ccccc3C)C2=O)c2ccccc21. The lowest BCUT2D eigenvalue weighted by Crippen LogP contribution is -2.45. The summed E-state index contributed by atoms with van der Waals surface area (Å²) < 4.78 is 0.187. The summed E-state index contributed by atoms with van der Waals surface area (Å²) in [7, 11) is 0. The standard InChI is InChI=1S/C23H21N3O3S2/c1-3-4-13-25-17-12-8-7-11-16(17)18(21(25)28)19-22(29)26(23(30)31-19)24-20(27)15-10-6-5-9-14(15)2/h5-12H,3-4,13H2,1-2H3,(H,24,27). The fraction of sp³-hybridized carbons (Fsp3) is 0.217. The van der Waals surface area contributed by atoms with E-state index < -0.39 is 11.8 Å². The van der Waals surface area contributed by atoms with Gasteiger partial charge in [-0.15, -0.1) is 0 Å². The Balaban J connectivity index is 1.67. The zero-order chi connectivity index (χ0) is 22.1. The summed E-state index contributed by atoms with van der Waals surface area (Å²) in [5, 5.41) is 1.06. The van der Waals surface area contributed by atoms with E-state index in [0.29, 0.717) is 23.2 Å². The van der Waals surface area contributed by atoms with E-state index in [1.165, 1.54) is 0 Å². The molecule has 4 rings (SSSR count). The highest BCUT2D eigenvalue weighted by Crippen LogP contribution is 2.44. The van der Waals surface area contributed by atoms with Gasteiger partial charge in [-0.2, -0.15) is 5.01 Å². The summed E-state index contributed by atoms with van der Waals surface area (Å²) in [6.45, 7) is 4.47. The molecule has 2 aromatic rings. The number of fused-ring (bicyclic) bond motifs is 1. The van der Waals surface area contributed by atoms with Crippen LogP contribution in [0.4, 0.5) is 5.69 Å². The van der Waals surface area contributed by atoms with Gasteiger partial charge in [-0.3, -0.25) is 19.8 Å². The molecule has 0 aliphatic carbocycles. The Morgan fingerprint density at radius 2 is 1.77 bits per heavy atom. The predicted octanol–water partition coefficient (Wildman–Crippen LogP) is 4.06. The second-order valence-electron chi connectivity index (χ2n) is 7.30. The van der Waals surface area contributed by atoms with Crippen LogP contribution in [0.25, 0.3) is 5.57 Å². The molecule has 1 saturated heterocycles. The van der Waals surface area contributed by atoms with Crippen LogP contribution in [0.1, 0.15) is 41.3 Å². The van der Waals surface area contributed by atoms with Gasteiger partial charge in [0.1, 0.15) is 0 Å². The number of anilines is 1. The number of aryl methyl sites for hydroxylation is 1. The van der Waals surface area contributed by atoms with E-state index in [4.69, 9.17) is 12.2 Å². The van der Waals surface area contributed by atoms with Crippen molar-refractivity contribution in [1.29, 1.82) is 0 Å². The molecule has 0 atom stereocenters. The van der Waals surface area contributed by atoms with E-state index in [1.54, 1.807) is 17.0 Å². The van der Waals surface area contributed by atoms with E-state index in [2.05, 4.69) is 12.3 Å². The van der Waals surface area contributed by atoms with E-state index in [0.717, 1.165) is 40.9 Å². The highest BCUT2D eigenvalue weighted by molar-refractivity contribution is 8.26. The fourth-order valence-electron chi connectivity index (χ4n) is 3.64. The van der Waals surface area contributed by atoms with Crippen LogP contribution >= 0.6 is 24.0 Å². The smallest absolute Gasteiger partial charge is 0.286 e. The lowest BCUT2D eigenvalue weighted by atomic mass is 10.1. The molecule has 2 heterocycles. The Hall–Kier alpha value is -2.97. The molecule has 6 nitrogen and oxygen atoms in total. The number of nitrogens with one attached hydrogen (secondary N) is 1. The van der Waals surface area contributed by atoms with Gasteiger partial charge < -0.3 is 4.90 Å². The average molecular weight is 452 g/mol. The minimum absolute atomic E-state index is 0.187. The number of carbonyl (C=O) groups excluding carboxylic acids is 3. The largest absolute Gasteiger partial charge is 0.308 e. The number of hydrazine groups is 1. The van der Waals surface area contributed by atoms with E-state index in [1.807, 2.05) is 43.3 Å². The number of para-hydroxylation sites is 1. The Morgan fingerprint density at radius 3 is 2.52 bits per heavy atom. The van der Waals surface area contributed by atoms with Crippen LogP contribution in [0.5, 0.6) is 0 Å². The first kappa shape index (κ1) is 21.3. The van der Waals surface area contributed by atoms with Crippen LogP contribution in [0, 0.1) is 6.92 Å². The summed E-state index contributed by atoms with van der Waals surface area (Å²) in [5.41, 5.74) is 5.70. The predicted molar refractivity (Wildman–Crippen MR) is 126 cm³/mol. The van der Waals surface area contributed by atoms with Crippen LogP contribution in [0.15, 0.2) is 53.4 Å². The summed E-state index contributed by atoms with van der Waals surface area (Å²) in [4.78, 5) is 41.1. The topological polar surface area (TPSA) is 69.7 Å². The van der Waals surface area contributed by atoms with Gasteiger partial charge in [0.05, 0.1) is 16.2 Å². The molecule has 2 aromatic carbocycles. The zero-order valence-electron chi connectivity index (χ0n) is 17.2. The molecule has 0 aromatic heterocycles. The zero-order valence-corrected chi connectivity index (χ0v) is 18.8.